The van der Waals surface area contributed by atoms with Crippen LogP contribution in [0, 0.1) is 0 Å². The third kappa shape index (κ3) is 2.29. The number of nitrogens with zero attached hydrogens (tertiary/aromatic N) is 1. The molecular formula is C18H20N2O3. The van der Waals surface area contributed by atoms with Crippen molar-refractivity contribution in [1.82, 2.24) is 4.90 Å². The van der Waals surface area contributed by atoms with Crippen LogP contribution in [-0.2, 0) is 5.66 Å². The van der Waals surface area contributed by atoms with E-state index >= 15 is 0 Å². The molecule has 2 aromatic carbocycles. The van der Waals surface area contributed by atoms with E-state index in [2.05, 4.69) is 5.32 Å². The van der Waals surface area contributed by atoms with E-state index in [9.17, 15) is 4.79 Å². The van der Waals surface area contributed by atoms with Crippen molar-refractivity contribution >= 4 is 11.6 Å². The van der Waals surface area contributed by atoms with Gasteiger partial charge < -0.3 is 19.7 Å². The maximum absolute atomic E-state index is 12.7. The number of nitrogens with one attached hydrogen (secondary N) is 1. The number of carbonyl (C=O) groups is 1. The van der Waals surface area contributed by atoms with Gasteiger partial charge in [-0.15, -0.1) is 0 Å². The minimum Gasteiger partial charge on any atom is -0.497 e. The average molecular weight is 312 g/mol. The molecule has 1 heterocycles. The van der Waals surface area contributed by atoms with Crippen LogP contribution < -0.4 is 14.8 Å². The van der Waals surface area contributed by atoms with E-state index in [4.69, 9.17) is 9.47 Å². The highest BCUT2D eigenvalue weighted by atomic mass is 16.5. The standard InChI is InChI=1S/C18H20N2O3/c1-18(14-10-9-12(22-3)11-16(14)23-4)19-15-8-6-5-7-13(15)17(21)20(18)2/h5-11,19H,1-4H3. The van der Waals surface area contributed by atoms with Gasteiger partial charge in [0, 0.05) is 24.4 Å². The lowest BCUT2D eigenvalue weighted by atomic mass is 9.93. The number of benzene rings is 2. The van der Waals surface area contributed by atoms with E-state index in [0.29, 0.717) is 17.1 Å². The monoisotopic (exact) mass is 312 g/mol. The normalized spacial score (nSPS) is 19.8. The molecule has 23 heavy (non-hydrogen) atoms. The number of hydrogen-bond donors (Lipinski definition) is 1. The topological polar surface area (TPSA) is 50.8 Å². The molecular weight excluding hydrogens is 292 g/mol. The van der Waals surface area contributed by atoms with Crippen LogP contribution in [0.4, 0.5) is 5.69 Å². The number of hydrogen-bond acceptors (Lipinski definition) is 4. The molecule has 5 heteroatoms. The predicted molar refractivity (Wildman–Crippen MR) is 89.1 cm³/mol. The third-order valence-electron chi connectivity index (χ3n) is 4.44. The van der Waals surface area contributed by atoms with E-state index in [1.54, 1.807) is 26.2 Å². The van der Waals surface area contributed by atoms with Gasteiger partial charge in [-0.05, 0) is 31.2 Å². The molecule has 0 aromatic heterocycles. The van der Waals surface area contributed by atoms with Crippen molar-refractivity contribution in [3.8, 4) is 11.5 Å². The Labute approximate surface area is 135 Å². The van der Waals surface area contributed by atoms with E-state index in [1.807, 2.05) is 49.4 Å². The first-order chi connectivity index (χ1) is 11.0. The zero-order chi connectivity index (χ0) is 16.6. The summed E-state index contributed by atoms with van der Waals surface area (Å²) < 4.78 is 10.8. The number of para-hydroxylation sites is 1. The fourth-order valence-corrected chi connectivity index (χ4v) is 2.96. The van der Waals surface area contributed by atoms with Gasteiger partial charge in [-0.25, -0.2) is 0 Å². The SMILES string of the molecule is COc1ccc(C2(C)Nc3ccccc3C(=O)N2C)c(OC)c1. The zero-order valence-corrected chi connectivity index (χ0v) is 13.7. The molecule has 0 saturated heterocycles. The highest BCUT2D eigenvalue weighted by Gasteiger charge is 2.41. The number of rotatable bonds is 3. The molecule has 1 atom stereocenters. The molecule has 1 unspecified atom stereocenters. The van der Waals surface area contributed by atoms with Crippen LogP contribution in [0.5, 0.6) is 11.5 Å². The van der Waals surface area contributed by atoms with E-state index in [1.165, 1.54) is 0 Å². The lowest BCUT2D eigenvalue weighted by molar-refractivity contribution is 0.0611. The molecule has 1 amide bonds. The number of ether oxygens (including phenoxy) is 2. The summed E-state index contributed by atoms with van der Waals surface area (Å²) in [5, 5.41) is 3.47. The first-order valence-corrected chi connectivity index (χ1v) is 7.39. The van der Waals surface area contributed by atoms with Gasteiger partial charge in [0.25, 0.3) is 5.91 Å². The van der Waals surface area contributed by atoms with Crippen molar-refractivity contribution in [2.24, 2.45) is 0 Å². The van der Waals surface area contributed by atoms with Crippen LogP contribution in [0.2, 0.25) is 0 Å². The van der Waals surface area contributed by atoms with Gasteiger partial charge in [-0.1, -0.05) is 12.1 Å². The first-order valence-electron chi connectivity index (χ1n) is 7.39. The summed E-state index contributed by atoms with van der Waals surface area (Å²) in [4.78, 5) is 14.4. The van der Waals surface area contributed by atoms with Gasteiger partial charge in [-0.2, -0.15) is 0 Å². The molecule has 0 fully saturated rings. The predicted octanol–water partition coefficient (Wildman–Crippen LogP) is 3.07. The molecule has 0 bridgehead atoms. The largest absolute Gasteiger partial charge is 0.497 e. The molecule has 0 aliphatic carbocycles. The molecule has 1 N–H and O–H groups in total. The van der Waals surface area contributed by atoms with Gasteiger partial charge in [-0.3, -0.25) is 4.79 Å². The van der Waals surface area contributed by atoms with Gasteiger partial charge in [0.15, 0.2) is 0 Å². The van der Waals surface area contributed by atoms with Crippen molar-refractivity contribution in [2.45, 2.75) is 12.6 Å². The Bertz CT molecular complexity index is 760. The van der Waals surface area contributed by atoms with Crippen molar-refractivity contribution in [2.75, 3.05) is 26.6 Å². The third-order valence-corrected chi connectivity index (χ3v) is 4.44. The minimum absolute atomic E-state index is 0.0280. The molecule has 0 spiro atoms. The highest BCUT2D eigenvalue weighted by Crippen LogP contribution is 2.41. The summed E-state index contributed by atoms with van der Waals surface area (Å²) in [6.07, 6.45) is 0. The molecule has 1 aliphatic heterocycles. The van der Waals surface area contributed by atoms with Crippen molar-refractivity contribution in [3.05, 3.63) is 53.6 Å². The Morgan fingerprint density at radius 3 is 2.52 bits per heavy atom. The second kappa shape index (κ2) is 5.50. The van der Waals surface area contributed by atoms with E-state index in [0.717, 1.165) is 11.3 Å². The highest BCUT2D eigenvalue weighted by molar-refractivity contribution is 6.02. The van der Waals surface area contributed by atoms with Crippen LogP contribution in [0.3, 0.4) is 0 Å². The fourth-order valence-electron chi connectivity index (χ4n) is 2.96. The summed E-state index contributed by atoms with van der Waals surface area (Å²) in [6.45, 7) is 1.96. The Balaban J connectivity index is 2.14. The number of methoxy groups -OCH3 is 2. The Morgan fingerprint density at radius 1 is 1.09 bits per heavy atom. The summed E-state index contributed by atoms with van der Waals surface area (Å²) in [7, 11) is 5.01. The first kappa shape index (κ1) is 15.2. The molecule has 5 nitrogen and oxygen atoms in total. The summed E-state index contributed by atoms with van der Waals surface area (Å²) in [5.41, 5.74) is 1.63. The quantitative estimate of drug-likeness (QED) is 0.946. The Morgan fingerprint density at radius 2 is 1.83 bits per heavy atom. The van der Waals surface area contributed by atoms with Crippen LogP contribution >= 0.6 is 0 Å². The lowest BCUT2D eigenvalue weighted by Crippen LogP contribution is -2.53. The van der Waals surface area contributed by atoms with Gasteiger partial charge in [0.2, 0.25) is 0 Å². The van der Waals surface area contributed by atoms with Gasteiger partial charge in [0.05, 0.1) is 19.8 Å². The molecule has 0 radical (unpaired) electrons. The van der Waals surface area contributed by atoms with E-state index in [-0.39, 0.29) is 5.91 Å². The van der Waals surface area contributed by atoms with Gasteiger partial charge in [0.1, 0.15) is 17.2 Å². The molecule has 3 rings (SSSR count). The molecule has 2 aromatic rings. The Kier molecular flexibility index (Phi) is 3.64. The Hall–Kier alpha value is -2.69. The lowest BCUT2D eigenvalue weighted by Gasteiger charge is -2.45. The summed E-state index contributed by atoms with van der Waals surface area (Å²) in [5.74, 6) is 1.34. The van der Waals surface area contributed by atoms with Crippen LogP contribution in [0.15, 0.2) is 42.5 Å². The number of fused-ring (bicyclic) bond motifs is 1. The summed E-state index contributed by atoms with van der Waals surface area (Å²) in [6, 6.07) is 13.1. The molecule has 1 aliphatic rings. The van der Waals surface area contributed by atoms with Crippen LogP contribution in [0.25, 0.3) is 0 Å². The number of carbonyl (C=O) groups excluding carboxylic acids is 1. The maximum atomic E-state index is 12.7. The fraction of sp³-hybridized carbons (Fsp3) is 0.278. The maximum Gasteiger partial charge on any atom is 0.257 e. The van der Waals surface area contributed by atoms with Gasteiger partial charge >= 0.3 is 0 Å². The molecule has 0 saturated carbocycles. The summed E-state index contributed by atoms with van der Waals surface area (Å²) >= 11 is 0. The minimum atomic E-state index is -0.719. The van der Waals surface area contributed by atoms with Crippen molar-refractivity contribution in [1.29, 1.82) is 0 Å². The zero-order valence-electron chi connectivity index (χ0n) is 13.7. The second-order valence-electron chi connectivity index (χ2n) is 5.67. The van der Waals surface area contributed by atoms with Crippen molar-refractivity contribution < 1.29 is 14.3 Å². The average Bonchev–Trinajstić information content (AvgIpc) is 2.59. The molecule has 120 valence electrons. The second-order valence-corrected chi connectivity index (χ2v) is 5.67. The van der Waals surface area contributed by atoms with E-state index < -0.39 is 5.66 Å². The van der Waals surface area contributed by atoms with Crippen LogP contribution in [-0.4, -0.2) is 32.1 Å². The van der Waals surface area contributed by atoms with Crippen molar-refractivity contribution in [3.63, 3.8) is 0 Å². The van der Waals surface area contributed by atoms with Crippen LogP contribution in [0.1, 0.15) is 22.8 Å². The smallest absolute Gasteiger partial charge is 0.257 e. The number of anilines is 1. The number of amides is 1.